The van der Waals surface area contributed by atoms with Crippen LogP contribution in [0.15, 0.2) is 54.6 Å². The maximum Gasteiger partial charge on any atom is 0.251 e. The minimum absolute atomic E-state index is 0.0738. The van der Waals surface area contributed by atoms with Crippen LogP contribution in [-0.4, -0.2) is 43.0 Å². The smallest absolute Gasteiger partial charge is 0.251 e. The minimum Gasteiger partial charge on any atom is -0.356 e. The van der Waals surface area contributed by atoms with Gasteiger partial charge in [0.15, 0.2) is 6.10 Å². The number of carbonyl (C=O) groups is 2. The quantitative estimate of drug-likeness (QED) is 0.898. The van der Waals surface area contributed by atoms with Crippen molar-refractivity contribution < 1.29 is 14.3 Å². The Kier molecular flexibility index (Phi) is 5.68. The SMILES string of the molecule is Cc1ccc([C@@H]2[C@@H](C(=O)NCCc3ccccc3)OCC(=O)N2C)cc1. The van der Waals surface area contributed by atoms with Gasteiger partial charge in [-0.3, -0.25) is 9.59 Å². The number of likely N-dealkylation sites (N-methyl/N-ethyl adjacent to an activating group) is 1. The van der Waals surface area contributed by atoms with Gasteiger partial charge in [0.25, 0.3) is 5.91 Å². The van der Waals surface area contributed by atoms with Crippen LogP contribution in [0.2, 0.25) is 0 Å². The molecule has 1 aliphatic rings. The molecular formula is C21H24N2O3. The first-order chi connectivity index (χ1) is 12.6. The van der Waals surface area contributed by atoms with Crippen molar-refractivity contribution in [3.05, 3.63) is 71.3 Å². The first kappa shape index (κ1) is 18.1. The molecule has 0 aliphatic carbocycles. The minimum atomic E-state index is -0.712. The molecule has 2 aromatic rings. The topological polar surface area (TPSA) is 58.6 Å². The normalized spacial score (nSPS) is 20.1. The maximum absolute atomic E-state index is 12.7. The highest BCUT2D eigenvalue weighted by molar-refractivity contribution is 5.86. The monoisotopic (exact) mass is 352 g/mol. The second kappa shape index (κ2) is 8.15. The number of nitrogens with one attached hydrogen (secondary N) is 1. The molecule has 2 aromatic carbocycles. The van der Waals surface area contributed by atoms with Crippen LogP contribution in [0.4, 0.5) is 0 Å². The summed E-state index contributed by atoms with van der Waals surface area (Å²) in [6.07, 6.45) is 0.0414. The van der Waals surface area contributed by atoms with Crippen molar-refractivity contribution in [1.82, 2.24) is 10.2 Å². The first-order valence-corrected chi connectivity index (χ1v) is 8.82. The average molecular weight is 352 g/mol. The Morgan fingerprint density at radius 1 is 1.15 bits per heavy atom. The van der Waals surface area contributed by atoms with Crippen molar-refractivity contribution in [2.75, 3.05) is 20.2 Å². The molecule has 3 rings (SSSR count). The lowest BCUT2D eigenvalue weighted by Gasteiger charge is -2.38. The van der Waals surface area contributed by atoms with E-state index in [9.17, 15) is 9.59 Å². The van der Waals surface area contributed by atoms with E-state index in [2.05, 4.69) is 5.32 Å². The number of nitrogens with zero attached hydrogens (tertiary/aromatic N) is 1. The lowest BCUT2D eigenvalue weighted by molar-refractivity contribution is -0.162. The fourth-order valence-corrected chi connectivity index (χ4v) is 3.17. The summed E-state index contributed by atoms with van der Waals surface area (Å²) in [4.78, 5) is 26.4. The summed E-state index contributed by atoms with van der Waals surface area (Å²) >= 11 is 0. The van der Waals surface area contributed by atoms with Crippen LogP contribution in [0.5, 0.6) is 0 Å². The van der Waals surface area contributed by atoms with Crippen molar-refractivity contribution in [3.63, 3.8) is 0 Å². The molecule has 1 heterocycles. The van der Waals surface area contributed by atoms with Gasteiger partial charge in [0.05, 0.1) is 6.04 Å². The van der Waals surface area contributed by atoms with Crippen molar-refractivity contribution in [2.45, 2.75) is 25.5 Å². The Bertz CT molecular complexity index is 759. The van der Waals surface area contributed by atoms with Gasteiger partial charge >= 0.3 is 0 Å². The summed E-state index contributed by atoms with van der Waals surface area (Å²) in [6.45, 7) is 2.46. The van der Waals surface area contributed by atoms with Crippen LogP contribution in [0, 0.1) is 6.92 Å². The van der Waals surface area contributed by atoms with Gasteiger partial charge in [-0.2, -0.15) is 0 Å². The van der Waals surface area contributed by atoms with E-state index in [1.54, 1.807) is 11.9 Å². The molecule has 1 fully saturated rings. The Labute approximate surface area is 154 Å². The standard InChI is InChI=1S/C21H24N2O3/c1-15-8-10-17(11-9-15)19-20(26-14-18(24)23(19)2)21(25)22-13-12-16-6-4-3-5-7-16/h3-11,19-20H,12-14H2,1-2H3,(H,22,25)/t19-,20+/m1/s1. The molecule has 2 amide bonds. The molecule has 0 unspecified atom stereocenters. The summed E-state index contributed by atoms with van der Waals surface area (Å²) in [5.41, 5.74) is 3.19. The predicted molar refractivity (Wildman–Crippen MR) is 99.6 cm³/mol. The second-order valence-electron chi connectivity index (χ2n) is 6.62. The van der Waals surface area contributed by atoms with Gasteiger partial charge < -0.3 is 15.0 Å². The molecule has 26 heavy (non-hydrogen) atoms. The van der Waals surface area contributed by atoms with Crippen LogP contribution < -0.4 is 5.32 Å². The van der Waals surface area contributed by atoms with E-state index in [-0.39, 0.29) is 18.4 Å². The number of carbonyl (C=O) groups excluding carboxylic acids is 2. The third-order valence-corrected chi connectivity index (χ3v) is 4.72. The molecule has 0 saturated carbocycles. The van der Waals surface area contributed by atoms with Crippen LogP contribution in [0.3, 0.4) is 0 Å². The summed E-state index contributed by atoms with van der Waals surface area (Å²) < 4.78 is 5.62. The van der Waals surface area contributed by atoms with Gasteiger partial charge in [-0.15, -0.1) is 0 Å². The summed E-state index contributed by atoms with van der Waals surface area (Å²) in [5, 5.41) is 2.95. The second-order valence-corrected chi connectivity index (χ2v) is 6.62. The third-order valence-electron chi connectivity index (χ3n) is 4.72. The molecule has 136 valence electrons. The maximum atomic E-state index is 12.7. The largest absolute Gasteiger partial charge is 0.356 e. The zero-order valence-electron chi connectivity index (χ0n) is 15.1. The van der Waals surface area contributed by atoms with E-state index in [0.717, 1.165) is 17.5 Å². The van der Waals surface area contributed by atoms with Gasteiger partial charge in [-0.05, 0) is 24.5 Å². The molecule has 5 nitrogen and oxygen atoms in total. The zero-order valence-corrected chi connectivity index (χ0v) is 15.1. The van der Waals surface area contributed by atoms with Crippen molar-refractivity contribution in [2.24, 2.45) is 0 Å². The third kappa shape index (κ3) is 4.11. The van der Waals surface area contributed by atoms with Gasteiger partial charge in [0.2, 0.25) is 5.91 Å². The van der Waals surface area contributed by atoms with E-state index in [1.165, 1.54) is 5.56 Å². The Morgan fingerprint density at radius 2 is 1.85 bits per heavy atom. The average Bonchev–Trinajstić information content (AvgIpc) is 2.65. The number of amides is 2. The molecule has 1 N–H and O–H groups in total. The van der Waals surface area contributed by atoms with Crippen LogP contribution >= 0.6 is 0 Å². The highest BCUT2D eigenvalue weighted by Gasteiger charge is 2.39. The molecule has 0 bridgehead atoms. The molecule has 1 saturated heterocycles. The molecule has 2 atom stereocenters. The number of morpholine rings is 1. The fraction of sp³-hybridized carbons (Fsp3) is 0.333. The van der Waals surface area contributed by atoms with Crippen molar-refractivity contribution >= 4 is 11.8 Å². The Morgan fingerprint density at radius 3 is 2.54 bits per heavy atom. The van der Waals surface area contributed by atoms with Gasteiger partial charge in [0.1, 0.15) is 6.61 Å². The van der Waals surface area contributed by atoms with Gasteiger partial charge in [-0.1, -0.05) is 60.2 Å². The molecule has 0 spiro atoms. The van der Waals surface area contributed by atoms with Gasteiger partial charge in [0, 0.05) is 13.6 Å². The summed E-state index contributed by atoms with van der Waals surface area (Å²) in [5.74, 6) is -0.310. The highest BCUT2D eigenvalue weighted by atomic mass is 16.5. The van der Waals surface area contributed by atoms with E-state index >= 15 is 0 Å². The Balaban J connectivity index is 1.69. The van der Waals surface area contributed by atoms with E-state index < -0.39 is 12.1 Å². The number of rotatable bonds is 5. The Hall–Kier alpha value is -2.66. The number of ether oxygens (including phenoxy) is 1. The number of hydrogen-bond donors (Lipinski definition) is 1. The van der Waals surface area contributed by atoms with Gasteiger partial charge in [-0.25, -0.2) is 0 Å². The van der Waals surface area contributed by atoms with Crippen molar-refractivity contribution in [3.8, 4) is 0 Å². The molecule has 1 aliphatic heterocycles. The molecule has 5 heteroatoms. The zero-order chi connectivity index (χ0) is 18.5. The molecule has 0 aromatic heterocycles. The van der Waals surface area contributed by atoms with E-state index in [0.29, 0.717) is 6.54 Å². The number of benzene rings is 2. The fourth-order valence-electron chi connectivity index (χ4n) is 3.17. The van der Waals surface area contributed by atoms with Crippen molar-refractivity contribution in [1.29, 1.82) is 0 Å². The summed E-state index contributed by atoms with van der Waals surface area (Å²) in [6, 6.07) is 17.4. The molecule has 0 radical (unpaired) electrons. The summed E-state index contributed by atoms with van der Waals surface area (Å²) in [7, 11) is 1.72. The van der Waals surface area contributed by atoms with E-state index in [4.69, 9.17) is 4.74 Å². The van der Waals surface area contributed by atoms with Crippen LogP contribution in [0.1, 0.15) is 22.7 Å². The van der Waals surface area contributed by atoms with Crippen LogP contribution in [0.25, 0.3) is 0 Å². The lowest BCUT2D eigenvalue weighted by Crippen LogP contribution is -2.53. The number of aryl methyl sites for hydroxylation is 1. The first-order valence-electron chi connectivity index (χ1n) is 8.82. The molecular weight excluding hydrogens is 328 g/mol. The van der Waals surface area contributed by atoms with E-state index in [1.807, 2.05) is 61.5 Å². The number of hydrogen-bond acceptors (Lipinski definition) is 3. The lowest BCUT2D eigenvalue weighted by atomic mass is 9.96. The van der Waals surface area contributed by atoms with Crippen LogP contribution in [-0.2, 0) is 20.7 Å². The highest BCUT2D eigenvalue weighted by Crippen LogP contribution is 2.29. The predicted octanol–water partition coefficient (Wildman–Crippen LogP) is 2.25.